The molecule has 0 saturated heterocycles. The van der Waals surface area contributed by atoms with Crippen LogP contribution in [-0.4, -0.2) is 20.4 Å². The first-order chi connectivity index (χ1) is 11.1. The summed E-state index contributed by atoms with van der Waals surface area (Å²) in [6, 6.07) is 14.0. The summed E-state index contributed by atoms with van der Waals surface area (Å²) in [5.74, 6) is 0.859. The van der Waals surface area contributed by atoms with Gasteiger partial charge in [-0.05, 0) is 29.8 Å². The summed E-state index contributed by atoms with van der Waals surface area (Å²) in [6.45, 7) is 0. The summed E-state index contributed by atoms with van der Waals surface area (Å²) in [5, 5.41) is 13.8. The minimum atomic E-state index is -0.429. The van der Waals surface area contributed by atoms with Gasteiger partial charge in [0.25, 0.3) is 5.69 Å². The lowest BCUT2D eigenvalue weighted by atomic mass is 10.1. The first kappa shape index (κ1) is 13.3. The van der Waals surface area contributed by atoms with Gasteiger partial charge < -0.3 is 5.73 Å². The van der Waals surface area contributed by atoms with E-state index in [0.29, 0.717) is 5.95 Å². The number of aliphatic imine (C=N–C) groups is 1. The van der Waals surface area contributed by atoms with E-state index in [4.69, 9.17) is 5.73 Å². The zero-order valence-electron chi connectivity index (χ0n) is 11.9. The molecule has 0 saturated carbocycles. The summed E-state index contributed by atoms with van der Waals surface area (Å²) >= 11 is 0. The van der Waals surface area contributed by atoms with E-state index in [1.165, 1.54) is 12.1 Å². The van der Waals surface area contributed by atoms with E-state index >= 15 is 0 Å². The molecule has 1 unspecified atom stereocenters. The van der Waals surface area contributed by atoms with Crippen LogP contribution in [0.3, 0.4) is 0 Å². The Bertz CT molecular complexity index is 944. The van der Waals surface area contributed by atoms with Gasteiger partial charge in [0.2, 0.25) is 5.95 Å². The van der Waals surface area contributed by atoms with Gasteiger partial charge in [-0.15, -0.1) is 0 Å². The first-order valence-electron chi connectivity index (χ1n) is 6.95. The van der Waals surface area contributed by atoms with Crippen molar-refractivity contribution in [1.29, 1.82) is 0 Å². The highest BCUT2D eigenvalue weighted by molar-refractivity contribution is 5.94. The first-order valence-corrected chi connectivity index (χ1v) is 6.95. The largest absolute Gasteiger partial charge is 0.370 e. The maximum atomic E-state index is 10.8. The van der Waals surface area contributed by atoms with Gasteiger partial charge in [0, 0.05) is 12.1 Å². The Labute approximate surface area is 130 Å². The van der Waals surface area contributed by atoms with Crippen molar-refractivity contribution >= 4 is 28.6 Å². The number of para-hydroxylation sites is 2. The van der Waals surface area contributed by atoms with E-state index in [9.17, 15) is 10.1 Å². The second kappa shape index (κ2) is 4.80. The van der Waals surface area contributed by atoms with Crippen LogP contribution in [0, 0.1) is 10.1 Å². The van der Waals surface area contributed by atoms with Crippen molar-refractivity contribution < 1.29 is 4.92 Å². The number of non-ortho nitro benzene ring substituents is 1. The number of rotatable bonds is 2. The molecule has 0 fully saturated rings. The lowest BCUT2D eigenvalue weighted by Crippen LogP contribution is -2.31. The lowest BCUT2D eigenvalue weighted by molar-refractivity contribution is -0.384. The van der Waals surface area contributed by atoms with Crippen molar-refractivity contribution in [2.24, 2.45) is 10.7 Å². The molecule has 3 N–H and O–H groups in total. The fourth-order valence-corrected chi connectivity index (χ4v) is 2.71. The third-order valence-corrected chi connectivity index (χ3v) is 3.74. The third kappa shape index (κ3) is 2.08. The zero-order valence-corrected chi connectivity index (χ0v) is 11.9. The van der Waals surface area contributed by atoms with E-state index < -0.39 is 11.1 Å². The molecule has 0 spiro atoms. The molecule has 1 aliphatic rings. The van der Waals surface area contributed by atoms with Crippen LogP contribution in [-0.2, 0) is 0 Å². The molecular weight excluding hydrogens is 296 g/mol. The van der Waals surface area contributed by atoms with Gasteiger partial charge in [-0.25, -0.2) is 9.98 Å². The summed E-state index contributed by atoms with van der Waals surface area (Å²) in [5.41, 5.74) is 8.43. The zero-order chi connectivity index (χ0) is 16.0. The van der Waals surface area contributed by atoms with Crippen LogP contribution in [0.15, 0.2) is 53.5 Å². The van der Waals surface area contributed by atoms with E-state index in [0.717, 1.165) is 16.6 Å². The quantitative estimate of drug-likeness (QED) is 0.557. The standard InChI is InChI=1S/C15H12N6O2/c16-14-18-13(9-5-7-10(8-6-9)21(22)23)20-12-4-2-1-3-11(12)17-15(20)19-14/h1-8,13H,(H3,16,17,18,19). The molecule has 0 radical (unpaired) electrons. The minimum absolute atomic E-state index is 0.0374. The fourth-order valence-electron chi connectivity index (χ4n) is 2.71. The van der Waals surface area contributed by atoms with Gasteiger partial charge in [-0.1, -0.05) is 12.1 Å². The number of hydrogen-bond acceptors (Lipinski definition) is 6. The summed E-state index contributed by atoms with van der Waals surface area (Å²) in [4.78, 5) is 19.3. The average Bonchev–Trinajstić information content (AvgIpc) is 2.92. The van der Waals surface area contributed by atoms with Gasteiger partial charge in [-0.2, -0.15) is 0 Å². The van der Waals surface area contributed by atoms with E-state index in [1.54, 1.807) is 12.1 Å². The summed E-state index contributed by atoms with van der Waals surface area (Å²) < 4.78 is 1.92. The van der Waals surface area contributed by atoms with Crippen LogP contribution in [0.1, 0.15) is 11.7 Å². The number of anilines is 1. The molecule has 8 nitrogen and oxygen atoms in total. The van der Waals surface area contributed by atoms with Crippen molar-refractivity contribution in [3.63, 3.8) is 0 Å². The lowest BCUT2D eigenvalue weighted by Gasteiger charge is -2.23. The minimum Gasteiger partial charge on any atom is -0.370 e. The number of nitrogens with one attached hydrogen (secondary N) is 1. The van der Waals surface area contributed by atoms with Gasteiger partial charge in [0.15, 0.2) is 12.1 Å². The molecule has 2 heterocycles. The number of aromatic nitrogens is 2. The Morgan fingerprint density at radius 3 is 2.65 bits per heavy atom. The molecule has 0 bridgehead atoms. The van der Waals surface area contributed by atoms with E-state index in [2.05, 4.69) is 15.3 Å². The molecule has 1 atom stereocenters. The van der Waals surface area contributed by atoms with Crippen LogP contribution in [0.4, 0.5) is 11.6 Å². The van der Waals surface area contributed by atoms with Crippen molar-refractivity contribution in [3.05, 3.63) is 64.2 Å². The van der Waals surface area contributed by atoms with Crippen molar-refractivity contribution in [2.45, 2.75) is 6.17 Å². The Morgan fingerprint density at radius 1 is 1.17 bits per heavy atom. The number of hydrogen-bond donors (Lipinski definition) is 2. The molecule has 1 aromatic heterocycles. The van der Waals surface area contributed by atoms with Gasteiger partial charge in [-0.3, -0.25) is 20.0 Å². The number of fused-ring (bicyclic) bond motifs is 3. The van der Waals surface area contributed by atoms with Crippen LogP contribution >= 0.6 is 0 Å². The molecule has 0 aliphatic carbocycles. The summed E-state index contributed by atoms with van der Waals surface area (Å²) in [6.07, 6.45) is -0.417. The van der Waals surface area contributed by atoms with Gasteiger partial charge in [0.05, 0.1) is 16.0 Å². The van der Waals surface area contributed by atoms with Crippen molar-refractivity contribution in [3.8, 4) is 0 Å². The third-order valence-electron chi connectivity index (χ3n) is 3.74. The molecule has 8 heteroatoms. The maximum absolute atomic E-state index is 10.8. The number of nitrogens with zero attached hydrogens (tertiary/aromatic N) is 4. The highest BCUT2D eigenvalue weighted by atomic mass is 16.6. The Hall–Kier alpha value is -3.42. The monoisotopic (exact) mass is 308 g/mol. The number of nitrogens with two attached hydrogens (primary N) is 1. The predicted octanol–water partition coefficient (Wildman–Crippen LogP) is 2.23. The molecule has 1 aliphatic heterocycles. The Morgan fingerprint density at radius 2 is 1.91 bits per heavy atom. The van der Waals surface area contributed by atoms with E-state index in [1.807, 2.05) is 28.8 Å². The molecule has 2 aromatic carbocycles. The van der Waals surface area contributed by atoms with Crippen molar-refractivity contribution in [1.82, 2.24) is 9.55 Å². The number of nitro benzene ring substituents is 1. The number of guanidine groups is 1. The van der Waals surface area contributed by atoms with Gasteiger partial charge >= 0.3 is 0 Å². The smallest absolute Gasteiger partial charge is 0.269 e. The van der Waals surface area contributed by atoms with Crippen LogP contribution in [0.25, 0.3) is 11.0 Å². The molecule has 4 rings (SSSR count). The summed E-state index contributed by atoms with van der Waals surface area (Å²) in [7, 11) is 0. The topological polar surface area (TPSA) is 111 Å². The van der Waals surface area contributed by atoms with Crippen molar-refractivity contribution in [2.75, 3.05) is 5.32 Å². The second-order valence-electron chi connectivity index (χ2n) is 5.16. The SMILES string of the molecule is NC1=NC(c2ccc([N+](=O)[O-])cc2)n2c(nc3ccccc32)N1. The highest BCUT2D eigenvalue weighted by Crippen LogP contribution is 2.32. The van der Waals surface area contributed by atoms with E-state index in [-0.39, 0.29) is 11.6 Å². The average molecular weight is 308 g/mol. The second-order valence-corrected chi connectivity index (χ2v) is 5.16. The molecule has 114 valence electrons. The van der Waals surface area contributed by atoms with Crippen LogP contribution < -0.4 is 11.1 Å². The molecule has 3 aromatic rings. The Balaban J connectivity index is 1.88. The number of benzene rings is 2. The fraction of sp³-hybridized carbons (Fsp3) is 0.0667. The number of nitro groups is 1. The van der Waals surface area contributed by atoms with Crippen LogP contribution in [0.2, 0.25) is 0 Å². The molecular formula is C15H12N6O2. The maximum Gasteiger partial charge on any atom is 0.269 e. The molecule has 0 amide bonds. The highest BCUT2D eigenvalue weighted by Gasteiger charge is 2.25. The Kier molecular flexibility index (Phi) is 2.77. The predicted molar refractivity (Wildman–Crippen MR) is 86.2 cm³/mol. The normalized spacial score (nSPS) is 16.5. The molecule has 23 heavy (non-hydrogen) atoms. The number of imidazole rings is 1. The van der Waals surface area contributed by atoms with Crippen LogP contribution in [0.5, 0.6) is 0 Å². The van der Waals surface area contributed by atoms with Gasteiger partial charge in [0.1, 0.15) is 0 Å².